The lowest BCUT2D eigenvalue weighted by Crippen LogP contribution is -2.58. The fraction of sp³-hybridized carbons (Fsp3) is 0.917. The Morgan fingerprint density at radius 2 is 1.88 bits per heavy atom. The van der Waals surface area contributed by atoms with Crippen LogP contribution in [0.3, 0.4) is 0 Å². The first-order chi connectivity index (χ1) is 7.58. The van der Waals surface area contributed by atoms with Crippen LogP contribution in [-0.4, -0.2) is 48.7 Å². The molecule has 2 fully saturated rings. The van der Waals surface area contributed by atoms with Crippen LogP contribution in [0.5, 0.6) is 0 Å². The molecule has 0 aromatic carbocycles. The van der Waals surface area contributed by atoms with E-state index in [2.05, 4.69) is 26.1 Å². The number of hydrogen-bond donors (Lipinski definition) is 1. The normalized spacial score (nSPS) is 40.1. The molecule has 0 aliphatic carbocycles. The Hall–Kier alpha value is -0.610. The minimum Gasteiger partial charge on any atom is -0.368 e. The van der Waals surface area contributed by atoms with Crippen molar-refractivity contribution in [3.8, 4) is 0 Å². The van der Waals surface area contributed by atoms with Gasteiger partial charge in [0.1, 0.15) is 6.10 Å². The lowest BCUT2D eigenvalue weighted by molar-refractivity contribution is -0.144. The van der Waals surface area contributed by atoms with Crippen molar-refractivity contribution in [1.82, 2.24) is 10.2 Å². The average molecular weight is 226 g/mol. The van der Waals surface area contributed by atoms with E-state index >= 15 is 0 Å². The number of amides is 1. The van der Waals surface area contributed by atoms with E-state index in [4.69, 9.17) is 4.74 Å². The number of carbonyl (C=O) groups is 1. The number of carbonyl (C=O) groups excluding carboxylic acids is 1. The minimum atomic E-state index is -0.197. The highest BCUT2D eigenvalue weighted by Gasteiger charge is 2.36. The zero-order chi connectivity index (χ0) is 11.7. The molecule has 0 radical (unpaired) electrons. The molecule has 0 aromatic heterocycles. The molecule has 0 aromatic rings. The molecule has 4 unspecified atom stereocenters. The van der Waals surface area contributed by atoms with Crippen molar-refractivity contribution in [3.63, 3.8) is 0 Å². The van der Waals surface area contributed by atoms with Crippen LogP contribution >= 0.6 is 0 Å². The van der Waals surface area contributed by atoms with Crippen molar-refractivity contribution in [3.05, 3.63) is 0 Å². The summed E-state index contributed by atoms with van der Waals surface area (Å²) in [5.74, 6) is 0.554. The maximum Gasteiger partial charge on any atom is 0.252 e. The third kappa shape index (κ3) is 2.38. The third-order valence-electron chi connectivity index (χ3n) is 3.50. The van der Waals surface area contributed by atoms with Crippen LogP contribution in [0.15, 0.2) is 0 Å². The smallest absolute Gasteiger partial charge is 0.252 e. The van der Waals surface area contributed by atoms with Crippen molar-refractivity contribution >= 4 is 5.91 Å². The first-order valence-corrected chi connectivity index (χ1v) is 6.24. The molecule has 0 saturated carbocycles. The van der Waals surface area contributed by atoms with Crippen LogP contribution < -0.4 is 5.32 Å². The Kier molecular flexibility index (Phi) is 3.50. The fourth-order valence-electron chi connectivity index (χ4n) is 2.70. The fourth-order valence-corrected chi connectivity index (χ4v) is 2.70. The van der Waals surface area contributed by atoms with E-state index in [0.29, 0.717) is 18.0 Å². The van der Waals surface area contributed by atoms with E-state index in [9.17, 15) is 4.79 Å². The molecule has 2 rings (SSSR count). The van der Waals surface area contributed by atoms with Gasteiger partial charge in [-0.05, 0) is 26.2 Å². The highest BCUT2D eigenvalue weighted by atomic mass is 16.5. The summed E-state index contributed by atoms with van der Waals surface area (Å²) in [5.41, 5.74) is 0. The van der Waals surface area contributed by atoms with Gasteiger partial charge in [0.25, 0.3) is 5.91 Å². The van der Waals surface area contributed by atoms with Crippen LogP contribution in [0.1, 0.15) is 27.2 Å². The summed E-state index contributed by atoms with van der Waals surface area (Å²) in [6, 6.07) is 0.758. The van der Waals surface area contributed by atoms with Gasteiger partial charge in [-0.2, -0.15) is 0 Å². The molecule has 0 spiro atoms. The highest BCUT2D eigenvalue weighted by molar-refractivity contribution is 5.81. The second kappa shape index (κ2) is 4.72. The third-order valence-corrected chi connectivity index (χ3v) is 3.50. The standard InChI is InChI=1S/C12H22N2O2/c1-8-4-5-16-11(8)12(15)14-6-9(2)13-10(3)7-14/h8-11,13H,4-7H2,1-3H3. The Labute approximate surface area is 97.3 Å². The number of piperazine rings is 1. The van der Waals surface area contributed by atoms with Gasteiger partial charge in [-0.25, -0.2) is 0 Å². The Morgan fingerprint density at radius 3 is 2.38 bits per heavy atom. The summed E-state index contributed by atoms with van der Waals surface area (Å²) >= 11 is 0. The molecule has 92 valence electrons. The molecule has 4 heteroatoms. The SMILES string of the molecule is CC1CN(C(=O)C2OCCC2C)CC(C)N1. The van der Waals surface area contributed by atoms with E-state index < -0.39 is 0 Å². The Morgan fingerprint density at radius 1 is 1.25 bits per heavy atom. The number of ether oxygens (including phenoxy) is 1. The molecule has 1 amide bonds. The molecule has 4 nitrogen and oxygen atoms in total. The van der Waals surface area contributed by atoms with Crippen molar-refractivity contribution < 1.29 is 9.53 Å². The molecule has 2 saturated heterocycles. The monoisotopic (exact) mass is 226 g/mol. The first-order valence-electron chi connectivity index (χ1n) is 6.24. The predicted octanol–water partition coefficient (Wildman–Crippen LogP) is 0.620. The molecule has 1 N–H and O–H groups in total. The number of nitrogens with zero attached hydrogens (tertiary/aromatic N) is 1. The molecule has 0 bridgehead atoms. The molecule has 2 aliphatic rings. The maximum atomic E-state index is 12.3. The average Bonchev–Trinajstić information content (AvgIpc) is 2.62. The van der Waals surface area contributed by atoms with Gasteiger partial charge >= 0.3 is 0 Å². The van der Waals surface area contributed by atoms with E-state index in [1.807, 2.05) is 4.90 Å². The van der Waals surface area contributed by atoms with Gasteiger partial charge in [0.2, 0.25) is 0 Å². The zero-order valence-corrected chi connectivity index (χ0v) is 10.4. The zero-order valence-electron chi connectivity index (χ0n) is 10.4. The van der Waals surface area contributed by atoms with Crippen molar-refractivity contribution in [2.45, 2.75) is 45.4 Å². The van der Waals surface area contributed by atoms with Crippen LogP contribution in [0, 0.1) is 5.92 Å². The van der Waals surface area contributed by atoms with Crippen molar-refractivity contribution in [1.29, 1.82) is 0 Å². The van der Waals surface area contributed by atoms with Gasteiger partial charge in [-0.15, -0.1) is 0 Å². The van der Waals surface area contributed by atoms with Crippen LogP contribution in [-0.2, 0) is 9.53 Å². The first kappa shape index (κ1) is 11.9. The Bertz CT molecular complexity index is 260. The quantitative estimate of drug-likeness (QED) is 0.712. The topological polar surface area (TPSA) is 41.6 Å². The largest absolute Gasteiger partial charge is 0.368 e. The molecule has 4 atom stereocenters. The predicted molar refractivity (Wildman–Crippen MR) is 62.2 cm³/mol. The van der Waals surface area contributed by atoms with Crippen LogP contribution in [0.25, 0.3) is 0 Å². The van der Waals surface area contributed by atoms with Crippen LogP contribution in [0.2, 0.25) is 0 Å². The van der Waals surface area contributed by atoms with E-state index in [0.717, 1.165) is 26.1 Å². The van der Waals surface area contributed by atoms with E-state index in [1.165, 1.54) is 0 Å². The van der Waals surface area contributed by atoms with Gasteiger partial charge in [0.15, 0.2) is 0 Å². The summed E-state index contributed by atoms with van der Waals surface area (Å²) < 4.78 is 5.54. The number of rotatable bonds is 1. The van der Waals surface area contributed by atoms with Gasteiger partial charge in [0.05, 0.1) is 0 Å². The van der Waals surface area contributed by atoms with Crippen molar-refractivity contribution in [2.75, 3.05) is 19.7 Å². The summed E-state index contributed by atoms with van der Waals surface area (Å²) in [4.78, 5) is 14.2. The van der Waals surface area contributed by atoms with E-state index in [1.54, 1.807) is 0 Å². The number of nitrogens with one attached hydrogen (secondary N) is 1. The molecular formula is C12H22N2O2. The van der Waals surface area contributed by atoms with Gasteiger partial charge in [-0.1, -0.05) is 6.92 Å². The molecular weight excluding hydrogens is 204 g/mol. The van der Waals surface area contributed by atoms with Gasteiger partial charge < -0.3 is 15.0 Å². The van der Waals surface area contributed by atoms with Gasteiger partial charge in [-0.3, -0.25) is 4.79 Å². The van der Waals surface area contributed by atoms with Crippen molar-refractivity contribution in [2.24, 2.45) is 5.92 Å². The summed E-state index contributed by atoms with van der Waals surface area (Å²) in [6.45, 7) is 8.68. The van der Waals surface area contributed by atoms with E-state index in [-0.39, 0.29) is 12.0 Å². The number of hydrogen-bond acceptors (Lipinski definition) is 3. The molecule has 2 aliphatic heterocycles. The Balaban J connectivity index is 1.98. The lowest BCUT2D eigenvalue weighted by atomic mass is 10.0. The molecule has 16 heavy (non-hydrogen) atoms. The summed E-state index contributed by atoms with van der Waals surface area (Å²) in [5, 5.41) is 3.43. The maximum absolute atomic E-state index is 12.3. The minimum absolute atomic E-state index is 0.185. The molecule has 2 heterocycles. The second-order valence-electron chi connectivity index (χ2n) is 5.27. The lowest BCUT2D eigenvalue weighted by Gasteiger charge is -2.37. The second-order valence-corrected chi connectivity index (χ2v) is 5.27. The van der Waals surface area contributed by atoms with Crippen LogP contribution in [0.4, 0.5) is 0 Å². The highest BCUT2D eigenvalue weighted by Crippen LogP contribution is 2.22. The summed E-state index contributed by atoms with van der Waals surface area (Å²) in [6.07, 6.45) is 0.811. The summed E-state index contributed by atoms with van der Waals surface area (Å²) in [7, 11) is 0. The van der Waals surface area contributed by atoms with Gasteiger partial charge in [0, 0.05) is 31.8 Å².